The number of methoxy groups -OCH3 is 1. The fourth-order valence-electron chi connectivity index (χ4n) is 2.71. The number of nitrogens with one attached hydrogen (secondary N) is 2. The third kappa shape index (κ3) is 5.31. The molecule has 2 N–H and O–H groups in total. The van der Waals surface area contributed by atoms with Crippen molar-refractivity contribution in [2.75, 3.05) is 24.4 Å². The lowest BCUT2D eigenvalue weighted by Gasteiger charge is -2.18. The van der Waals surface area contributed by atoms with Gasteiger partial charge in [-0.15, -0.1) is 0 Å². The van der Waals surface area contributed by atoms with E-state index < -0.39 is 0 Å². The summed E-state index contributed by atoms with van der Waals surface area (Å²) in [5, 5.41) is 6.30. The van der Waals surface area contributed by atoms with Crippen LogP contribution >= 0.6 is 0 Å². The van der Waals surface area contributed by atoms with Gasteiger partial charge in [0.2, 0.25) is 0 Å². The number of nitrogens with zero attached hydrogens (tertiary/aromatic N) is 1. The first kappa shape index (κ1) is 19.4. The fraction of sp³-hybridized carbons (Fsp3) is 0.182. The Labute approximate surface area is 164 Å². The molecule has 0 fully saturated rings. The topological polar surface area (TPSA) is 72.5 Å². The fourth-order valence-corrected chi connectivity index (χ4v) is 2.71. The molecule has 1 aromatic heterocycles. The van der Waals surface area contributed by atoms with Crippen LogP contribution in [0.5, 0.6) is 11.5 Å². The van der Waals surface area contributed by atoms with Crippen molar-refractivity contribution >= 4 is 17.3 Å². The maximum absolute atomic E-state index is 12.8. The molecule has 0 spiro atoms. The summed E-state index contributed by atoms with van der Waals surface area (Å²) in [4.78, 5) is 16.7. The van der Waals surface area contributed by atoms with Gasteiger partial charge in [0.15, 0.2) is 0 Å². The minimum absolute atomic E-state index is 0.111. The summed E-state index contributed by atoms with van der Waals surface area (Å²) in [6.45, 7) is 2.58. The van der Waals surface area contributed by atoms with Crippen LogP contribution in [0.15, 0.2) is 73.1 Å². The van der Waals surface area contributed by atoms with Crippen LogP contribution < -0.4 is 15.4 Å². The molecule has 0 radical (unpaired) electrons. The highest BCUT2D eigenvalue weighted by atomic mass is 16.5. The summed E-state index contributed by atoms with van der Waals surface area (Å²) in [5.74, 6) is 1.03. The van der Waals surface area contributed by atoms with Gasteiger partial charge in [0.1, 0.15) is 11.5 Å². The van der Waals surface area contributed by atoms with Crippen molar-refractivity contribution in [1.29, 1.82) is 0 Å². The van der Waals surface area contributed by atoms with Crippen molar-refractivity contribution in [2.45, 2.75) is 13.0 Å². The number of anilines is 2. The minimum atomic E-state index is -0.214. The Morgan fingerprint density at radius 2 is 1.75 bits per heavy atom. The average Bonchev–Trinajstić information content (AvgIpc) is 2.70. The van der Waals surface area contributed by atoms with Gasteiger partial charge >= 0.3 is 0 Å². The molecule has 0 bridgehead atoms. The van der Waals surface area contributed by atoms with Crippen molar-refractivity contribution < 1.29 is 14.3 Å². The van der Waals surface area contributed by atoms with E-state index in [9.17, 15) is 4.79 Å². The van der Waals surface area contributed by atoms with Crippen LogP contribution in [-0.2, 0) is 4.74 Å². The molecule has 6 heteroatoms. The number of rotatable bonds is 8. The zero-order valence-corrected chi connectivity index (χ0v) is 15.9. The molecular weight excluding hydrogens is 354 g/mol. The predicted octanol–water partition coefficient (Wildman–Crippen LogP) is 4.57. The number of para-hydroxylation sites is 2. The lowest BCUT2D eigenvalue weighted by Crippen LogP contribution is -2.22. The molecule has 0 aliphatic heterocycles. The molecule has 144 valence electrons. The van der Waals surface area contributed by atoms with Gasteiger partial charge in [-0.1, -0.05) is 18.2 Å². The largest absolute Gasteiger partial charge is 0.457 e. The predicted molar refractivity (Wildman–Crippen MR) is 110 cm³/mol. The van der Waals surface area contributed by atoms with Gasteiger partial charge in [0.05, 0.1) is 18.0 Å². The summed E-state index contributed by atoms with van der Waals surface area (Å²) in [5.41, 5.74) is 2.05. The lowest BCUT2D eigenvalue weighted by atomic mass is 10.2. The van der Waals surface area contributed by atoms with E-state index in [-0.39, 0.29) is 11.9 Å². The highest BCUT2D eigenvalue weighted by Crippen LogP contribution is 2.25. The number of hydrogen-bond donors (Lipinski definition) is 2. The van der Waals surface area contributed by atoms with Crippen molar-refractivity contribution in [1.82, 2.24) is 4.98 Å². The third-order valence-electron chi connectivity index (χ3n) is 3.98. The highest BCUT2D eigenvalue weighted by molar-refractivity contribution is 6.06. The summed E-state index contributed by atoms with van der Waals surface area (Å²) in [7, 11) is 1.66. The van der Waals surface area contributed by atoms with E-state index in [1.807, 2.05) is 31.2 Å². The second kappa shape index (κ2) is 9.53. The van der Waals surface area contributed by atoms with Crippen LogP contribution in [0, 0.1) is 0 Å². The van der Waals surface area contributed by atoms with Gasteiger partial charge in [-0.25, -0.2) is 0 Å². The number of pyridine rings is 1. The van der Waals surface area contributed by atoms with Gasteiger partial charge in [-0.2, -0.15) is 0 Å². The normalized spacial score (nSPS) is 11.5. The molecule has 0 aliphatic carbocycles. The monoisotopic (exact) mass is 377 g/mol. The average molecular weight is 377 g/mol. The van der Waals surface area contributed by atoms with E-state index >= 15 is 0 Å². The molecule has 28 heavy (non-hydrogen) atoms. The molecule has 0 aliphatic rings. The summed E-state index contributed by atoms with van der Waals surface area (Å²) in [6.07, 6.45) is 3.31. The van der Waals surface area contributed by atoms with E-state index in [2.05, 4.69) is 15.6 Å². The van der Waals surface area contributed by atoms with E-state index in [4.69, 9.17) is 9.47 Å². The molecule has 1 unspecified atom stereocenters. The SMILES string of the molecule is COCC(C)Nc1ccccc1NC(=O)c1cccc(Oc2ccncc2)c1. The Balaban J connectivity index is 1.72. The number of hydrogen-bond acceptors (Lipinski definition) is 5. The lowest BCUT2D eigenvalue weighted by molar-refractivity contribution is 0.102. The Hall–Kier alpha value is -3.38. The Kier molecular flexibility index (Phi) is 6.59. The molecule has 1 heterocycles. The number of aromatic nitrogens is 1. The van der Waals surface area contributed by atoms with Crippen LogP contribution in [0.2, 0.25) is 0 Å². The molecular formula is C22H23N3O3. The van der Waals surface area contributed by atoms with Gasteiger partial charge in [-0.3, -0.25) is 9.78 Å². The molecule has 3 aromatic rings. The van der Waals surface area contributed by atoms with Gasteiger partial charge < -0.3 is 20.1 Å². The maximum Gasteiger partial charge on any atom is 0.255 e. The molecule has 6 nitrogen and oxygen atoms in total. The zero-order valence-electron chi connectivity index (χ0n) is 15.9. The van der Waals surface area contributed by atoms with Crippen molar-refractivity contribution in [3.63, 3.8) is 0 Å². The van der Waals surface area contributed by atoms with E-state index in [1.165, 1.54) is 0 Å². The highest BCUT2D eigenvalue weighted by Gasteiger charge is 2.11. The van der Waals surface area contributed by atoms with Gasteiger partial charge in [0, 0.05) is 31.1 Å². The Morgan fingerprint density at radius 3 is 2.50 bits per heavy atom. The van der Waals surface area contributed by atoms with E-state index in [1.54, 1.807) is 55.9 Å². The maximum atomic E-state index is 12.8. The van der Waals surface area contributed by atoms with Gasteiger partial charge in [-0.05, 0) is 49.4 Å². The second-order valence-electron chi connectivity index (χ2n) is 6.31. The number of carbonyl (C=O) groups excluding carboxylic acids is 1. The molecule has 0 saturated carbocycles. The summed E-state index contributed by atoms with van der Waals surface area (Å²) >= 11 is 0. The van der Waals surface area contributed by atoms with Crippen LogP contribution in [0.1, 0.15) is 17.3 Å². The number of benzene rings is 2. The van der Waals surface area contributed by atoms with Crippen LogP contribution in [0.25, 0.3) is 0 Å². The van der Waals surface area contributed by atoms with Crippen molar-refractivity contribution in [3.8, 4) is 11.5 Å². The smallest absolute Gasteiger partial charge is 0.255 e. The molecule has 0 saturated heterocycles. The van der Waals surface area contributed by atoms with Crippen LogP contribution in [0.4, 0.5) is 11.4 Å². The van der Waals surface area contributed by atoms with E-state index in [0.717, 1.165) is 5.69 Å². The molecule has 2 aromatic carbocycles. The first-order valence-electron chi connectivity index (χ1n) is 8.99. The van der Waals surface area contributed by atoms with Crippen molar-refractivity contribution in [2.24, 2.45) is 0 Å². The molecule has 3 rings (SSSR count). The minimum Gasteiger partial charge on any atom is -0.457 e. The number of amides is 1. The third-order valence-corrected chi connectivity index (χ3v) is 3.98. The first-order chi connectivity index (χ1) is 13.7. The zero-order chi connectivity index (χ0) is 19.8. The second-order valence-corrected chi connectivity index (χ2v) is 6.31. The van der Waals surface area contributed by atoms with Gasteiger partial charge in [0.25, 0.3) is 5.91 Å². The summed E-state index contributed by atoms with van der Waals surface area (Å²) < 4.78 is 10.9. The molecule has 1 atom stereocenters. The Morgan fingerprint density at radius 1 is 1.00 bits per heavy atom. The Bertz CT molecular complexity index is 916. The van der Waals surface area contributed by atoms with E-state index in [0.29, 0.717) is 29.4 Å². The van der Waals surface area contributed by atoms with Crippen LogP contribution in [0.3, 0.4) is 0 Å². The van der Waals surface area contributed by atoms with Crippen LogP contribution in [-0.4, -0.2) is 30.6 Å². The quantitative estimate of drug-likeness (QED) is 0.601. The summed E-state index contributed by atoms with van der Waals surface area (Å²) in [6, 6.07) is 18.3. The number of ether oxygens (including phenoxy) is 2. The molecule has 1 amide bonds. The first-order valence-corrected chi connectivity index (χ1v) is 8.99. The van der Waals surface area contributed by atoms with Crippen molar-refractivity contribution in [3.05, 3.63) is 78.6 Å². The standard InChI is InChI=1S/C22H23N3O3/c1-16(15-27-2)24-20-8-3-4-9-21(20)25-22(26)17-6-5-7-19(14-17)28-18-10-12-23-13-11-18/h3-14,16,24H,15H2,1-2H3,(H,25,26). The number of carbonyl (C=O) groups is 1.